The summed E-state index contributed by atoms with van der Waals surface area (Å²) in [6.07, 6.45) is 2.25. The number of amides is 1. The largest absolute Gasteiger partial charge is 0.480 e. The van der Waals surface area contributed by atoms with Crippen LogP contribution in [0.25, 0.3) is 0 Å². The SMILES string of the molecule is COCCn1ccc(C(=O)N2CCN(C3(C(=O)O)CCOC3)CC2)n1. The predicted molar refractivity (Wildman–Crippen MR) is 87.4 cm³/mol. The molecule has 0 spiro atoms. The van der Waals surface area contributed by atoms with Gasteiger partial charge in [0, 0.05) is 52.5 Å². The molecule has 1 N–H and O–H groups in total. The average molecular weight is 352 g/mol. The van der Waals surface area contributed by atoms with Gasteiger partial charge in [-0.1, -0.05) is 0 Å². The summed E-state index contributed by atoms with van der Waals surface area (Å²) in [7, 11) is 1.62. The van der Waals surface area contributed by atoms with Gasteiger partial charge < -0.3 is 19.5 Å². The van der Waals surface area contributed by atoms with E-state index in [1.807, 2.05) is 4.90 Å². The Labute approximate surface area is 146 Å². The van der Waals surface area contributed by atoms with Crippen molar-refractivity contribution in [2.75, 3.05) is 53.1 Å². The molecule has 1 aromatic heterocycles. The van der Waals surface area contributed by atoms with Crippen molar-refractivity contribution in [3.63, 3.8) is 0 Å². The third-order valence-electron chi connectivity index (χ3n) is 4.96. The molecule has 2 aliphatic heterocycles. The zero-order valence-corrected chi connectivity index (χ0v) is 14.4. The van der Waals surface area contributed by atoms with E-state index in [0.29, 0.717) is 58.1 Å². The number of carboxylic acids is 1. The highest BCUT2D eigenvalue weighted by molar-refractivity contribution is 5.92. The van der Waals surface area contributed by atoms with Crippen LogP contribution in [0.15, 0.2) is 12.3 Å². The Morgan fingerprint density at radius 2 is 2.12 bits per heavy atom. The number of ether oxygens (including phenoxy) is 2. The van der Waals surface area contributed by atoms with Gasteiger partial charge in [-0.3, -0.25) is 19.2 Å². The van der Waals surface area contributed by atoms with E-state index in [2.05, 4.69) is 5.10 Å². The van der Waals surface area contributed by atoms with Gasteiger partial charge >= 0.3 is 5.97 Å². The Hall–Kier alpha value is -1.97. The molecule has 3 heterocycles. The molecule has 2 aliphatic rings. The normalized spacial score (nSPS) is 24.6. The van der Waals surface area contributed by atoms with E-state index in [9.17, 15) is 14.7 Å². The van der Waals surface area contributed by atoms with Gasteiger partial charge in [-0.15, -0.1) is 0 Å². The van der Waals surface area contributed by atoms with E-state index in [1.54, 1.807) is 29.0 Å². The highest BCUT2D eigenvalue weighted by Crippen LogP contribution is 2.28. The molecule has 0 radical (unpaired) electrons. The fourth-order valence-corrected chi connectivity index (χ4v) is 3.39. The summed E-state index contributed by atoms with van der Waals surface area (Å²) >= 11 is 0. The van der Waals surface area contributed by atoms with Crippen LogP contribution in [0.3, 0.4) is 0 Å². The van der Waals surface area contributed by atoms with Crippen LogP contribution in [0.5, 0.6) is 0 Å². The summed E-state index contributed by atoms with van der Waals surface area (Å²) < 4.78 is 12.0. The number of nitrogens with zero attached hydrogens (tertiary/aromatic N) is 4. The number of methoxy groups -OCH3 is 1. The molecule has 3 rings (SSSR count). The second-order valence-corrected chi connectivity index (χ2v) is 6.38. The van der Waals surface area contributed by atoms with Gasteiger partial charge in [0.1, 0.15) is 11.2 Å². The van der Waals surface area contributed by atoms with Crippen LogP contribution in [-0.2, 0) is 20.8 Å². The summed E-state index contributed by atoms with van der Waals surface area (Å²) in [6.45, 7) is 3.81. The Balaban J connectivity index is 1.59. The van der Waals surface area contributed by atoms with Crippen LogP contribution in [0.1, 0.15) is 16.9 Å². The Kier molecular flexibility index (Phi) is 5.36. The van der Waals surface area contributed by atoms with Crippen molar-refractivity contribution in [1.82, 2.24) is 19.6 Å². The first-order valence-corrected chi connectivity index (χ1v) is 8.45. The maximum atomic E-state index is 12.6. The van der Waals surface area contributed by atoms with Gasteiger partial charge in [-0.2, -0.15) is 5.10 Å². The molecular weight excluding hydrogens is 328 g/mol. The number of piperazine rings is 1. The maximum Gasteiger partial charge on any atom is 0.326 e. The molecular formula is C16H24N4O5. The van der Waals surface area contributed by atoms with Crippen molar-refractivity contribution >= 4 is 11.9 Å². The quantitative estimate of drug-likeness (QED) is 0.739. The zero-order chi connectivity index (χ0) is 17.9. The third-order valence-corrected chi connectivity index (χ3v) is 4.96. The van der Waals surface area contributed by atoms with Crippen molar-refractivity contribution in [1.29, 1.82) is 0 Å². The minimum Gasteiger partial charge on any atom is -0.480 e. The number of carboxylic acid groups (broad SMARTS) is 1. The first-order chi connectivity index (χ1) is 12.1. The molecule has 138 valence electrons. The van der Waals surface area contributed by atoms with Crippen molar-refractivity contribution in [2.24, 2.45) is 0 Å². The van der Waals surface area contributed by atoms with Crippen molar-refractivity contribution in [2.45, 2.75) is 18.5 Å². The lowest BCUT2D eigenvalue weighted by atomic mass is 9.95. The van der Waals surface area contributed by atoms with E-state index in [-0.39, 0.29) is 12.5 Å². The highest BCUT2D eigenvalue weighted by atomic mass is 16.5. The number of carbonyl (C=O) groups is 2. The first-order valence-electron chi connectivity index (χ1n) is 8.45. The molecule has 25 heavy (non-hydrogen) atoms. The molecule has 1 atom stereocenters. The Morgan fingerprint density at radius 3 is 2.72 bits per heavy atom. The molecule has 9 nitrogen and oxygen atoms in total. The van der Waals surface area contributed by atoms with Gasteiger partial charge in [-0.05, 0) is 6.07 Å². The van der Waals surface area contributed by atoms with Crippen molar-refractivity contribution < 1.29 is 24.2 Å². The second-order valence-electron chi connectivity index (χ2n) is 6.38. The summed E-state index contributed by atoms with van der Waals surface area (Å²) in [6, 6.07) is 1.70. The predicted octanol–water partition coefficient (Wildman–Crippen LogP) is -0.469. The summed E-state index contributed by atoms with van der Waals surface area (Å²) in [5.74, 6) is -0.968. The van der Waals surface area contributed by atoms with Crippen molar-refractivity contribution in [3.05, 3.63) is 18.0 Å². The van der Waals surface area contributed by atoms with Crippen LogP contribution in [0, 0.1) is 0 Å². The van der Waals surface area contributed by atoms with Gasteiger partial charge in [0.25, 0.3) is 5.91 Å². The molecule has 9 heteroatoms. The molecule has 2 fully saturated rings. The molecule has 1 aromatic rings. The first kappa shape index (κ1) is 17.8. The smallest absolute Gasteiger partial charge is 0.326 e. The second kappa shape index (κ2) is 7.51. The van der Waals surface area contributed by atoms with Gasteiger partial charge in [0.05, 0.1) is 19.8 Å². The number of hydrogen-bond acceptors (Lipinski definition) is 6. The summed E-state index contributed by atoms with van der Waals surface area (Å²) in [4.78, 5) is 28.0. The number of aromatic nitrogens is 2. The van der Waals surface area contributed by atoms with Crippen LogP contribution < -0.4 is 0 Å². The fraction of sp³-hybridized carbons (Fsp3) is 0.688. The molecule has 2 saturated heterocycles. The Bertz CT molecular complexity index is 618. The van der Waals surface area contributed by atoms with E-state index >= 15 is 0 Å². The van der Waals surface area contributed by atoms with E-state index in [4.69, 9.17) is 9.47 Å². The van der Waals surface area contributed by atoms with Gasteiger partial charge in [0.15, 0.2) is 0 Å². The topological polar surface area (TPSA) is 97.1 Å². The molecule has 1 amide bonds. The van der Waals surface area contributed by atoms with Crippen LogP contribution in [0.4, 0.5) is 0 Å². The number of rotatable bonds is 6. The summed E-state index contributed by atoms with van der Waals surface area (Å²) in [5.41, 5.74) is -0.543. The number of hydrogen-bond donors (Lipinski definition) is 1. The highest BCUT2D eigenvalue weighted by Gasteiger charge is 2.48. The van der Waals surface area contributed by atoms with Gasteiger partial charge in [0.2, 0.25) is 0 Å². The van der Waals surface area contributed by atoms with Crippen molar-refractivity contribution in [3.8, 4) is 0 Å². The molecule has 0 bridgehead atoms. The van der Waals surface area contributed by atoms with Crippen LogP contribution >= 0.6 is 0 Å². The lowest BCUT2D eigenvalue weighted by Crippen LogP contribution is -2.61. The monoisotopic (exact) mass is 352 g/mol. The molecule has 0 saturated carbocycles. The number of aliphatic carboxylic acids is 1. The van der Waals surface area contributed by atoms with Crippen LogP contribution in [-0.4, -0.2) is 95.2 Å². The lowest BCUT2D eigenvalue weighted by Gasteiger charge is -2.42. The molecule has 0 aromatic carbocycles. The summed E-state index contributed by atoms with van der Waals surface area (Å²) in [5, 5.41) is 13.9. The van der Waals surface area contributed by atoms with Crippen LogP contribution in [0.2, 0.25) is 0 Å². The lowest BCUT2D eigenvalue weighted by molar-refractivity contribution is -0.152. The number of carbonyl (C=O) groups excluding carboxylic acids is 1. The van der Waals surface area contributed by atoms with E-state index < -0.39 is 11.5 Å². The van der Waals surface area contributed by atoms with E-state index in [0.717, 1.165) is 0 Å². The zero-order valence-electron chi connectivity index (χ0n) is 14.4. The average Bonchev–Trinajstić information content (AvgIpc) is 3.30. The molecule has 1 unspecified atom stereocenters. The van der Waals surface area contributed by atoms with Gasteiger partial charge in [-0.25, -0.2) is 0 Å². The molecule has 0 aliphatic carbocycles. The van der Waals surface area contributed by atoms with E-state index in [1.165, 1.54) is 0 Å². The minimum atomic E-state index is -0.948. The third kappa shape index (κ3) is 3.53. The Morgan fingerprint density at radius 1 is 1.36 bits per heavy atom. The standard InChI is InChI=1S/C16H24N4O5/c1-24-11-9-20-4-2-13(17-20)14(21)18-5-7-19(8-6-18)16(15(22)23)3-10-25-12-16/h2,4H,3,5-12H2,1H3,(H,22,23). The fourth-order valence-electron chi connectivity index (χ4n) is 3.39. The maximum absolute atomic E-state index is 12.6. The minimum absolute atomic E-state index is 0.122.